The summed E-state index contributed by atoms with van der Waals surface area (Å²) >= 11 is 0. The van der Waals surface area contributed by atoms with Crippen molar-refractivity contribution < 1.29 is 14.0 Å². The average Bonchev–Trinajstić information content (AvgIpc) is 3.19. The van der Waals surface area contributed by atoms with Crippen LogP contribution in [0.1, 0.15) is 40.9 Å². The SMILES string of the molecule is CC(=O)N1CCC(NC(=O)c2ccnc(-n3cncn3)c2)c2ccc(F)cc2C1. The van der Waals surface area contributed by atoms with Crippen molar-refractivity contribution >= 4 is 11.8 Å². The molecule has 2 amide bonds. The second-order valence-electron chi connectivity index (χ2n) is 6.84. The topological polar surface area (TPSA) is 93.0 Å². The highest BCUT2D eigenvalue weighted by atomic mass is 19.1. The van der Waals surface area contributed by atoms with E-state index in [-0.39, 0.29) is 23.7 Å². The maximum Gasteiger partial charge on any atom is 0.251 e. The van der Waals surface area contributed by atoms with E-state index in [0.29, 0.717) is 36.5 Å². The van der Waals surface area contributed by atoms with Crippen LogP contribution in [0.4, 0.5) is 4.39 Å². The van der Waals surface area contributed by atoms with Crippen LogP contribution in [0.25, 0.3) is 5.82 Å². The van der Waals surface area contributed by atoms with Crippen LogP contribution >= 0.6 is 0 Å². The number of nitrogens with zero attached hydrogens (tertiary/aromatic N) is 5. The summed E-state index contributed by atoms with van der Waals surface area (Å²) in [5.74, 6) is -0.267. The second-order valence-corrected chi connectivity index (χ2v) is 6.84. The summed E-state index contributed by atoms with van der Waals surface area (Å²) in [6, 6.07) is 7.35. The van der Waals surface area contributed by atoms with Crippen LogP contribution in [0.3, 0.4) is 0 Å². The molecule has 0 fully saturated rings. The maximum absolute atomic E-state index is 13.8. The van der Waals surface area contributed by atoms with E-state index in [9.17, 15) is 14.0 Å². The Morgan fingerprint density at radius 2 is 2.10 bits per heavy atom. The van der Waals surface area contributed by atoms with Gasteiger partial charge in [-0.1, -0.05) is 6.07 Å². The summed E-state index contributed by atoms with van der Waals surface area (Å²) in [6.45, 7) is 2.28. The minimum absolute atomic E-state index is 0.0844. The van der Waals surface area contributed by atoms with Gasteiger partial charge in [0.2, 0.25) is 5.91 Å². The molecule has 8 nitrogen and oxygen atoms in total. The number of pyridine rings is 1. The van der Waals surface area contributed by atoms with Crippen molar-refractivity contribution in [1.82, 2.24) is 30.0 Å². The van der Waals surface area contributed by atoms with Gasteiger partial charge >= 0.3 is 0 Å². The summed E-state index contributed by atoms with van der Waals surface area (Å²) in [7, 11) is 0. The lowest BCUT2D eigenvalue weighted by Gasteiger charge is -2.19. The molecule has 1 N–H and O–H groups in total. The molecule has 3 aromatic rings. The first-order valence-electron chi connectivity index (χ1n) is 9.17. The van der Waals surface area contributed by atoms with Crippen LogP contribution in [-0.4, -0.2) is 43.0 Å². The second kappa shape index (κ2) is 7.78. The number of halogens is 1. The van der Waals surface area contributed by atoms with Crippen molar-refractivity contribution in [3.63, 3.8) is 0 Å². The van der Waals surface area contributed by atoms with Gasteiger partial charge in [0.25, 0.3) is 5.91 Å². The van der Waals surface area contributed by atoms with Crippen molar-refractivity contribution in [2.45, 2.75) is 25.9 Å². The van der Waals surface area contributed by atoms with Gasteiger partial charge in [0.1, 0.15) is 18.5 Å². The Balaban J connectivity index is 1.60. The number of carbonyl (C=O) groups excluding carboxylic acids is 2. The van der Waals surface area contributed by atoms with Gasteiger partial charge in [0, 0.05) is 31.8 Å². The number of fused-ring (bicyclic) bond motifs is 1. The first-order chi connectivity index (χ1) is 14.0. The van der Waals surface area contributed by atoms with Crippen LogP contribution in [-0.2, 0) is 11.3 Å². The van der Waals surface area contributed by atoms with E-state index in [0.717, 1.165) is 5.56 Å². The van der Waals surface area contributed by atoms with Crippen molar-refractivity contribution in [2.75, 3.05) is 6.54 Å². The fourth-order valence-electron chi connectivity index (χ4n) is 3.45. The van der Waals surface area contributed by atoms with Gasteiger partial charge < -0.3 is 10.2 Å². The van der Waals surface area contributed by atoms with Crippen LogP contribution in [0, 0.1) is 5.82 Å². The van der Waals surface area contributed by atoms with Gasteiger partial charge in [-0.2, -0.15) is 5.10 Å². The average molecular weight is 394 g/mol. The molecule has 0 radical (unpaired) electrons. The molecule has 1 unspecified atom stereocenters. The number of hydrogen-bond donors (Lipinski definition) is 1. The molecular formula is C20H19FN6O2. The maximum atomic E-state index is 13.8. The molecule has 1 atom stereocenters. The molecule has 1 aromatic carbocycles. The Morgan fingerprint density at radius 3 is 2.86 bits per heavy atom. The van der Waals surface area contributed by atoms with Gasteiger partial charge in [-0.25, -0.2) is 19.0 Å². The number of aromatic nitrogens is 4. The Bertz CT molecular complexity index is 1050. The first kappa shape index (κ1) is 18.7. The predicted molar refractivity (Wildman–Crippen MR) is 101 cm³/mol. The third-order valence-corrected chi connectivity index (χ3v) is 4.94. The summed E-state index contributed by atoms with van der Waals surface area (Å²) in [5.41, 5.74) is 1.93. The fraction of sp³-hybridized carbons (Fsp3) is 0.250. The van der Waals surface area contributed by atoms with Gasteiger partial charge in [-0.05, 0) is 41.8 Å². The zero-order valence-electron chi connectivity index (χ0n) is 15.7. The van der Waals surface area contributed by atoms with Gasteiger partial charge in [0.15, 0.2) is 5.82 Å². The molecule has 9 heteroatoms. The van der Waals surface area contributed by atoms with E-state index in [1.165, 1.54) is 42.6 Å². The molecular weight excluding hydrogens is 375 g/mol. The minimum Gasteiger partial charge on any atom is -0.345 e. The molecule has 2 aromatic heterocycles. The lowest BCUT2D eigenvalue weighted by Crippen LogP contribution is -2.31. The summed E-state index contributed by atoms with van der Waals surface area (Å²) in [4.78, 5) is 34.5. The number of amides is 2. The van der Waals surface area contributed by atoms with Gasteiger partial charge in [-0.3, -0.25) is 9.59 Å². The van der Waals surface area contributed by atoms with Gasteiger partial charge in [-0.15, -0.1) is 0 Å². The first-order valence-corrected chi connectivity index (χ1v) is 9.17. The molecule has 0 spiro atoms. The number of hydrogen-bond acceptors (Lipinski definition) is 5. The molecule has 1 aliphatic rings. The molecule has 148 valence electrons. The monoisotopic (exact) mass is 394 g/mol. The summed E-state index contributed by atoms with van der Waals surface area (Å²) < 4.78 is 15.2. The molecule has 0 bridgehead atoms. The Hall–Kier alpha value is -3.62. The zero-order chi connectivity index (χ0) is 20.4. The van der Waals surface area contributed by atoms with E-state index >= 15 is 0 Å². The third-order valence-electron chi connectivity index (χ3n) is 4.94. The number of carbonyl (C=O) groups is 2. The highest BCUT2D eigenvalue weighted by molar-refractivity contribution is 5.94. The summed E-state index contributed by atoms with van der Waals surface area (Å²) in [5, 5.41) is 7.03. The van der Waals surface area contributed by atoms with Crippen LogP contribution in [0.2, 0.25) is 0 Å². The van der Waals surface area contributed by atoms with E-state index in [2.05, 4.69) is 20.4 Å². The largest absolute Gasteiger partial charge is 0.345 e. The molecule has 0 saturated carbocycles. The third kappa shape index (κ3) is 3.98. The highest BCUT2D eigenvalue weighted by Gasteiger charge is 2.25. The Kier molecular flexibility index (Phi) is 5.03. The highest BCUT2D eigenvalue weighted by Crippen LogP contribution is 2.28. The van der Waals surface area contributed by atoms with Crippen molar-refractivity contribution in [3.8, 4) is 5.82 Å². The number of benzene rings is 1. The molecule has 0 aliphatic carbocycles. The van der Waals surface area contributed by atoms with Gasteiger partial charge in [0.05, 0.1) is 6.04 Å². The van der Waals surface area contributed by atoms with E-state index in [4.69, 9.17) is 0 Å². The number of nitrogens with one attached hydrogen (secondary N) is 1. The smallest absolute Gasteiger partial charge is 0.251 e. The molecule has 29 heavy (non-hydrogen) atoms. The van der Waals surface area contributed by atoms with E-state index < -0.39 is 0 Å². The van der Waals surface area contributed by atoms with Crippen LogP contribution < -0.4 is 5.32 Å². The molecule has 3 heterocycles. The lowest BCUT2D eigenvalue weighted by atomic mass is 9.98. The van der Waals surface area contributed by atoms with Crippen molar-refractivity contribution in [1.29, 1.82) is 0 Å². The van der Waals surface area contributed by atoms with Crippen LogP contribution in [0.15, 0.2) is 49.2 Å². The minimum atomic E-state index is -0.370. The fourth-order valence-corrected chi connectivity index (χ4v) is 3.45. The van der Waals surface area contributed by atoms with Crippen molar-refractivity contribution in [2.24, 2.45) is 0 Å². The van der Waals surface area contributed by atoms with Crippen LogP contribution in [0.5, 0.6) is 0 Å². The standard InChI is InChI=1S/C20H19FN6O2/c1-13(28)26-7-5-18(17-3-2-16(21)8-15(17)10-26)25-20(29)14-4-6-23-19(9-14)27-12-22-11-24-27/h2-4,6,8-9,11-12,18H,5,7,10H2,1H3,(H,25,29). The zero-order valence-corrected chi connectivity index (χ0v) is 15.7. The number of rotatable bonds is 3. The quantitative estimate of drug-likeness (QED) is 0.734. The Labute approximate surface area is 166 Å². The van der Waals surface area contributed by atoms with E-state index in [1.54, 1.807) is 23.1 Å². The van der Waals surface area contributed by atoms with Crippen molar-refractivity contribution in [3.05, 3.63) is 71.7 Å². The predicted octanol–water partition coefficient (Wildman–Crippen LogP) is 2.02. The molecule has 0 saturated heterocycles. The Morgan fingerprint density at radius 1 is 1.24 bits per heavy atom. The lowest BCUT2D eigenvalue weighted by molar-refractivity contribution is -0.129. The normalized spacial score (nSPS) is 16.1. The molecule has 4 rings (SSSR count). The van der Waals surface area contributed by atoms with E-state index in [1.807, 2.05) is 0 Å². The molecule has 1 aliphatic heterocycles. The summed E-state index contributed by atoms with van der Waals surface area (Å²) in [6.07, 6.45) is 4.94.